The minimum absolute atomic E-state index is 0.0760. The third-order valence-electron chi connectivity index (χ3n) is 5.39. The van der Waals surface area contributed by atoms with Crippen molar-refractivity contribution in [3.8, 4) is 11.3 Å². The highest BCUT2D eigenvalue weighted by Crippen LogP contribution is 2.33. The summed E-state index contributed by atoms with van der Waals surface area (Å²) in [5.74, 6) is 0.125. The predicted molar refractivity (Wildman–Crippen MR) is 130 cm³/mol. The quantitative estimate of drug-likeness (QED) is 0.311. The minimum atomic E-state index is -0.640. The van der Waals surface area contributed by atoms with Crippen molar-refractivity contribution in [2.24, 2.45) is 0 Å². The molecule has 3 heterocycles. The molecule has 0 saturated carbocycles. The number of nitrogens with zero attached hydrogens (tertiary/aromatic N) is 5. The molecular formula is C23H23Cl2N7O. The van der Waals surface area contributed by atoms with E-state index in [4.69, 9.17) is 34.0 Å². The zero-order valence-electron chi connectivity index (χ0n) is 18.4. The number of fused-ring (bicyclic) bond motifs is 1. The van der Waals surface area contributed by atoms with E-state index >= 15 is 0 Å². The van der Waals surface area contributed by atoms with Crippen molar-refractivity contribution in [1.82, 2.24) is 30.0 Å². The van der Waals surface area contributed by atoms with Gasteiger partial charge in [0.05, 0.1) is 28.1 Å². The van der Waals surface area contributed by atoms with Gasteiger partial charge in [0, 0.05) is 12.1 Å². The van der Waals surface area contributed by atoms with E-state index < -0.39 is 5.54 Å². The van der Waals surface area contributed by atoms with Gasteiger partial charge in [0.1, 0.15) is 23.0 Å². The van der Waals surface area contributed by atoms with E-state index in [1.807, 2.05) is 45.0 Å². The van der Waals surface area contributed by atoms with Crippen LogP contribution >= 0.6 is 23.2 Å². The molecule has 10 heteroatoms. The number of hydrogen-bond donors (Lipinski definition) is 2. The first-order chi connectivity index (χ1) is 15.7. The lowest BCUT2D eigenvalue weighted by Gasteiger charge is -2.26. The number of benzene rings is 1. The number of hydrogen-bond acceptors (Lipinski definition) is 6. The fourth-order valence-corrected chi connectivity index (χ4v) is 3.93. The van der Waals surface area contributed by atoms with Gasteiger partial charge in [-0.3, -0.25) is 4.79 Å². The number of pyridine rings is 1. The lowest BCUT2D eigenvalue weighted by Crippen LogP contribution is -2.41. The third-order valence-corrected chi connectivity index (χ3v) is 5.85. The van der Waals surface area contributed by atoms with Crippen LogP contribution in [-0.2, 0) is 11.4 Å². The molecule has 0 spiro atoms. The van der Waals surface area contributed by atoms with Gasteiger partial charge in [0.25, 0.3) is 5.91 Å². The molecular weight excluding hydrogens is 461 g/mol. The summed E-state index contributed by atoms with van der Waals surface area (Å²) in [5.41, 5.74) is 9.71. The summed E-state index contributed by atoms with van der Waals surface area (Å²) in [6.07, 6.45) is 1.41. The maximum Gasteiger partial charge on any atom is 0.253 e. The van der Waals surface area contributed by atoms with Crippen LogP contribution in [0.3, 0.4) is 0 Å². The van der Waals surface area contributed by atoms with Crippen LogP contribution in [0.5, 0.6) is 0 Å². The molecule has 0 radical (unpaired) electrons. The molecule has 170 valence electrons. The topological polar surface area (TPSA) is 112 Å². The molecule has 4 rings (SSSR count). The normalized spacial score (nSPS) is 11.7. The highest BCUT2D eigenvalue weighted by Gasteiger charge is 2.29. The largest absolute Gasteiger partial charge is 0.383 e. The van der Waals surface area contributed by atoms with Crippen molar-refractivity contribution in [2.75, 3.05) is 12.3 Å². The monoisotopic (exact) mass is 483 g/mol. The van der Waals surface area contributed by atoms with E-state index in [1.165, 1.54) is 6.33 Å². The number of anilines is 1. The zero-order chi connectivity index (χ0) is 23.8. The Morgan fingerprint density at radius 3 is 2.58 bits per heavy atom. The first-order valence-electron chi connectivity index (χ1n) is 10.3. The smallest absolute Gasteiger partial charge is 0.253 e. The second-order valence-corrected chi connectivity index (χ2v) is 9.00. The van der Waals surface area contributed by atoms with Gasteiger partial charge in [0.2, 0.25) is 0 Å². The van der Waals surface area contributed by atoms with E-state index in [0.29, 0.717) is 33.8 Å². The van der Waals surface area contributed by atoms with Crippen LogP contribution in [0.25, 0.3) is 22.3 Å². The molecule has 3 N–H and O–H groups in total. The highest BCUT2D eigenvalue weighted by molar-refractivity contribution is 6.29. The SMILES string of the molecule is Cc1ccc(-c2nn(C(C)(C)CNC(=O)c3ccc(Cl)nc3CCl)c3ncnc(N)c23)cc1. The Morgan fingerprint density at radius 1 is 1.15 bits per heavy atom. The molecule has 0 fully saturated rings. The van der Waals surface area contributed by atoms with Crippen LogP contribution in [0.4, 0.5) is 5.82 Å². The van der Waals surface area contributed by atoms with Crippen LogP contribution in [-0.4, -0.2) is 37.2 Å². The lowest BCUT2D eigenvalue weighted by molar-refractivity contribution is 0.0935. The number of rotatable bonds is 6. The number of halogens is 2. The number of alkyl halides is 1. The van der Waals surface area contributed by atoms with Crippen molar-refractivity contribution >= 4 is 46.0 Å². The van der Waals surface area contributed by atoms with E-state index in [9.17, 15) is 4.79 Å². The number of amides is 1. The average Bonchev–Trinajstić information content (AvgIpc) is 3.20. The molecule has 1 amide bonds. The summed E-state index contributed by atoms with van der Waals surface area (Å²) in [5, 5.41) is 8.76. The number of aromatic nitrogens is 5. The Kier molecular flexibility index (Phi) is 6.23. The van der Waals surface area contributed by atoms with E-state index in [-0.39, 0.29) is 23.5 Å². The van der Waals surface area contributed by atoms with E-state index in [1.54, 1.807) is 16.8 Å². The Labute approximate surface area is 201 Å². The average molecular weight is 484 g/mol. The zero-order valence-corrected chi connectivity index (χ0v) is 19.9. The van der Waals surface area contributed by atoms with Crippen molar-refractivity contribution in [3.05, 3.63) is 64.7 Å². The third kappa shape index (κ3) is 4.49. The minimum Gasteiger partial charge on any atom is -0.383 e. The molecule has 8 nitrogen and oxygen atoms in total. The van der Waals surface area contributed by atoms with Gasteiger partial charge >= 0.3 is 0 Å². The number of aryl methyl sites for hydroxylation is 1. The van der Waals surface area contributed by atoms with Gasteiger partial charge in [-0.25, -0.2) is 19.6 Å². The van der Waals surface area contributed by atoms with Gasteiger partial charge in [-0.2, -0.15) is 5.10 Å². The predicted octanol–water partition coefficient (Wildman–Crippen LogP) is 4.34. The molecule has 0 aliphatic heterocycles. The summed E-state index contributed by atoms with van der Waals surface area (Å²) < 4.78 is 1.78. The van der Waals surface area contributed by atoms with Gasteiger partial charge < -0.3 is 11.1 Å². The van der Waals surface area contributed by atoms with E-state index in [0.717, 1.165) is 11.1 Å². The van der Waals surface area contributed by atoms with Crippen LogP contribution < -0.4 is 11.1 Å². The highest BCUT2D eigenvalue weighted by atomic mass is 35.5. The van der Waals surface area contributed by atoms with Crippen molar-refractivity contribution in [3.63, 3.8) is 0 Å². The maximum absolute atomic E-state index is 12.9. The summed E-state index contributed by atoms with van der Waals surface area (Å²) in [6, 6.07) is 11.2. The summed E-state index contributed by atoms with van der Waals surface area (Å²) in [4.78, 5) is 25.6. The molecule has 0 bridgehead atoms. The van der Waals surface area contributed by atoms with Crippen molar-refractivity contribution < 1.29 is 4.79 Å². The summed E-state index contributed by atoms with van der Waals surface area (Å²) in [7, 11) is 0. The number of nitrogen functional groups attached to an aromatic ring is 1. The fourth-order valence-electron chi connectivity index (χ4n) is 3.56. The van der Waals surface area contributed by atoms with Crippen molar-refractivity contribution in [2.45, 2.75) is 32.2 Å². The molecule has 0 saturated heterocycles. The number of nitrogens with one attached hydrogen (secondary N) is 1. The standard InChI is InChI=1S/C23H23Cl2N7O/c1-13-4-6-14(7-5-13)19-18-20(26)28-12-29-21(18)32(31-19)23(2,3)11-27-22(33)15-8-9-17(25)30-16(15)10-24/h4-9,12H,10-11H2,1-3H3,(H,27,33)(H2,26,28,29). The molecule has 0 aliphatic carbocycles. The van der Waals surface area contributed by atoms with Crippen LogP contribution in [0.2, 0.25) is 5.15 Å². The number of nitrogens with two attached hydrogens (primary N) is 1. The van der Waals surface area contributed by atoms with Gasteiger partial charge in [-0.1, -0.05) is 41.4 Å². The summed E-state index contributed by atoms with van der Waals surface area (Å²) >= 11 is 11.9. The Morgan fingerprint density at radius 2 is 1.88 bits per heavy atom. The Balaban J connectivity index is 1.69. The Bertz CT molecular complexity index is 1330. The molecule has 1 aromatic carbocycles. The van der Waals surface area contributed by atoms with Gasteiger partial charge in [0.15, 0.2) is 5.65 Å². The van der Waals surface area contributed by atoms with Crippen molar-refractivity contribution in [1.29, 1.82) is 0 Å². The molecule has 3 aromatic heterocycles. The lowest BCUT2D eigenvalue weighted by atomic mass is 10.1. The fraction of sp³-hybridized carbons (Fsp3) is 0.261. The van der Waals surface area contributed by atoms with Gasteiger partial charge in [-0.15, -0.1) is 11.6 Å². The van der Waals surface area contributed by atoms with Crippen LogP contribution in [0, 0.1) is 6.92 Å². The second kappa shape index (κ2) is 8.96. The summed E-state index contributed by atoms with van der Waals surface area (Å²) in [6.45, 7) is 6.21. The maximum atomic E-state index is 12.9. The molecule has 0 unspecified atom stereocenters. The first-order valence-corrected chi connectivity index (χ1v) is 11.2. The molecule has 0 atom stereocenters. The first kappa shape index (κ1) is 22.9. The number of carbonyl (C=O) groups is 1. The Hall–Kier alpha value is -3.23. The van der Waals surface area contributed by atoms with Crippen LogP contribution in [0.15, 0.2) is 42.7 Å². The second-order valence-electron chi connectivity index (χ2n) is 8.34. The van der Waals surface area contributed by atoms with Crippen LogP contribution in [0.1, 0.15) is 35.5 Å². The number of carbonyl (C=O) groups excluding carboxylic acids is 1. The molecule has 4 aromatic rings. The molecule has 33 heavy (non-hydrogen) atoms. The van der Waals surface area contributed by atoms with Gasteiger partial charge in [-0.05, 0) is 32.9 Å². The van der Waals surface area contributed by atoms with E-state index in [2.05, 4.69) is 20.3 Å². The molecule has 0 aliphatic rings.